The lowest BCUT2D eigenvalue weighted by molar-refractivity contribution is 1.15. The van der Waals surface area contributed by atoms with E-state index in [1.807, 2.05) is 0 Å². The van der Waals surface area contributed by atoms with Crippen molar-refractivity contribution < 1.29 is 0 Å². The molecule has 0 aromatic rings. The van der Waals surface area contributed by atoms with Crippen LogP contribution >= 0.6 is 24.4 Å². The lowest BCUT2D eigenvalue weighted by atomic mass is 10.4. The number of rotatable bonds is 1. The van der Waals surface area contributed by atoms with Crippen molar-refractivity contribution in [1.29, 1.82) is 0 Å². The molecule has 0 radical (unpaired) electrons. The van der Waals surface area contributed by atoms with Gasteiger partial charge in [-0.05, 0) is 25.1 Å². The predicted octanol–water partition coefficient (Wildman–Crippen LogP) is 0.557. The third-order valence-electron chi connectivity index (χ3n) is 1.19. The van der Waals surface area contributed by atoms with Gasteiger partial charge in [0.1, 0.15) is 0 Å². The van der Waals surface area contributed by atoms with Crippen LogP contribution in [-0.2, 0) is 0 Å². The first-order valence-corrected chi connectivity index (χ1v) is 3.62. The second-order valence-corrected chi connectivity index (χ2v) is 3.01. The maximum absolute atomic E-state index is 5.19. The van der Waals surface area contributed by atoms with Crippen molar-refractivity contribution in [2.75, 3.05) is 0 Å². The molecule has 50 valence electrons. The van der Waals surface area contributed by atoms with E-state index in [1.54, 1.807) is 0 Å². The summed E-state index contributed by atoms with van der Waals surface area (Å²) in [6.07, 6.45) is 2.38. The molecule has 4 heteroatoms. The van der Waals surface area contributed by atoms with E-state index in [4.69, 9.17) is 18.0 Å². The predicted molar refractivity (Wildman–Crippen MR) is 45.2 cm³/mol. The van der Waals surface area contributed by atoms with Gasteiger partial charge in [0, 0.05) is 5.92 Å². The Balaban J connectivity index is 2.26. The fourth-order valence-electron chi connectivity index (χ4n) is 0.569. The summed E-state index contributed by atoms with van der Waals surface area (Å²) in [5.41, 5.74) is 5.19. The van der Waals surface area contributed by atoms with Crippen LogP contribution in [0, 0.1) is 5.92 Å². The van der Waals surface area contributed by atoms with Crippen LogP contribution in [0.15, 0.2) is 0 Å². The standard InChI is InChI=1S/C5H8N2S2/c6-5(9)7-4(8)3-1-2-3/h3H,1-2H2,(H3,6,7,8,9). The monoisotopic (exact) mass is 160 g/mol. The summed E-state index contributed by atoms with van der Waals surface area (Å²) >= 11 is 9.54. The summed E-state index contributed by atoms with van der Waals surface area (Å²) in [5.74, 6) is 0.557. The van der Waals surface area contributed by atoms with Crippen molar-refractivity contribution in [1.82, 2.24) is 5.32 Å². The molecule has 0 aliphatic heterocycles. The van der Waals surface area contributed by atoms with E-state index in [1.165, 1.54) is 12.8 Å². The Morgan fingerprint density at radius 1 is 1.44 bits per heavy atom. The Bertz CT molecular complexity index is 151. The Morgan fingerprint density at radius 3 is 2.33 bits per heavy atom. The normalized spacial score (nSPS) is 16.9. The average Bonchev–Trinajstić information content (AvgIpc) is 2.40. The molecule has 9 heavy (non-hydrogen) atoms. The van der Waals surface area contributed by atoms with E-state index in [0.29, 0.717) is 5.92 Å². The quantitative estimate of drug-likeness (QED) is 0.550. The summed E-state index contributed by atoms with van der Waals surface area (Å²) in [4.78, 5) is 0.808. The van der Waals surface area contributed by atoms with Crippen LogP contribution in [0.3, 0.4) is 0 Å². The molecule has 0 bridgehead atoms. The smallest absolute Gasteiger partial charge is 0.168 e. The molecule has 0 atom stereocenters. The van der Waals surface area contributed by atoms with E-state index in [2.05, 4.69) is 17.5 Å². The van der Waals surface area contributed by atoms with Crippen molar-refractivity contribution in [2.24, 2.45) is 11.7 Å². The third-order valence-corrected chi connectivity index (χ3v) is 1.73. The molecule has 0 aromatic carbocycles. The molecule has 0 amide bonds. The van der Waals surface area contributed by atoms with Crippen molar-refractivity contribution in [2.45, 2.75) is 12.8 Å². The van der Waals surface area contributed by atoms with Gasteiger partial charge < -0.3 is 11.1 Å². The number of nitrogens with two attached hydrogens (primary N) is 1. The van der Waals surface area contributed by atoms with Crippen LogP contribution < -0.4 is 11.1 Å². The SMILES string of the molecule is NC(=S)NC(=S)C1CC1. The van der Waals surface area contributed by atoms with Crippen molar-refractivity contribution in [3.05, 3.63) is 0 Å². The highest BCUT2D eigenvalue weighted by Gasteiger charge is 2.26. The first kappa shape index (κ1) is 6.89. The van der Waals surface area contributed by atoms with Crippen LogP contribution in [0.4, 0.5) is 0 Å². The Kier molecular flexibility index (Phi) is 1.97. The fraction of sp³-hybridized carbons (Fsp3) is 0.600. The second-order valence-electron chi connectivity index (χ2n) is 2.13. The minimum absolute atomic E-state index is 0.284. The first-order chi connectivity index (χ1) is 4.20. The van der Waals surface area contributed by atoms with Crippen LogP contribution in [0.25, 0.3) is 0 Å². The van der Waals surface area contributed by atoms with E-state index in [-0.39, 0.29) is 5.11 Å². The minimum atomic E-state index is 0.284. The highest BCUT2D eigenvalue weighted by atomic mass is 32.1. The van der Waals surface area contributed by atoms with Crippen molar-refractivity contribution in [3.63, 3.8) is 0 Å². The molecular formula is C5H8N2S2. The van der Waals surface area contributed by atoms with Gasteiger partial charge in [0.15, 0.2) is 5.11 Å². The molecular weight excluding hydrogens is 152 g/mol. The van der Waals surface area contributed by atoms with Gasteiger partial charge in [-0.3, -0.25) is 0 Å². The molecule has 0 spiro atoms. The molecule has 0 unspecified atom stereocenters. The molecule has 1 saturated carbocycles. The van der Waals surface area contributed by atoms with Gasteiger partial charge in [-0.1, -0.05) is 12.2 Å². The number of thiocarbonyl (C=S) groups is 2. The van der Waals surface area contributed by atoms with Gasteiger partial charge >= 0.3 is 0 Å². The molecule has 3 N–H and O–H groups in total. The highest BCUT2D eigenvalue weighted by molar-refractivity contribution is 7.81. The Morgan fingerprint density at radius 2 is 2.00 bits per heavy atom. The number of hydrogen-bond donors (Lipinski definition) is 2. The zero-order chi connectivity index (χ0) is 6.85. The molecule has 0 saturated heterocycles. The van der Waals surface area contributed by atoms with Gasteiger partial charge in [0.05, 0.1) is 4.99 Å². The molecule has 0 aromatic heterocycles. The van der Waals surface area contributed by atoms with Crippen LogP contribution in [0.2, 0.25) is 0 Å². The molecule has 1 rings (SSSR count). The Hall–Kier alpha value is -0.220. The molecule has 2 nitrogen and oxygen atoms in total. The maximum atomic E-state index is 5.19. The van der Waals surface area contributed by atoms with Gasteiger partial charge in [-0.15, -0.1) is 0 Å². The summed E-state index contributed by atoms with van der Waals surface area (Å²) in [7, 11) is 0. The van der Waals surface area contributed by atoms with Gasteiger partial charge in [0.25, 0.3) is 0 Å². The van der Waals surface area contributed by atoms with Crippen LogP contribution in [-0.4, -0.2) is 10.1 Å². The fourth-order valence-corrected chi connectivity index (χ4v) is 1.09. The van der Waals surface area contributed by atoms with Crippen LogP contribution in [0.5, 0.6) is 0 Å². The molecule has 0 heterocycles. The number of nitrogens with one attached hydrogen (secondary N) is 1. The van der Waals surface area contributed by atoms with Gasteiger partial charge in [-0.25, -0.2) is 0 Å². The minimum Gasteiger partial charge on any atom is -0.376 e. The zero-order valence-electron chi connectivity index (χ0n) is 4.89. The van der Waals surface area contributed by atoms with E-state index in [0.717, 1.165) is 4.99 Å². The lowest BCUT2D eigenvalue weighted by Crippen LogP contribution is -2.34. The van der Waals surface area contributed by atoms with E-state index in [9.17, 15) is 0 Å². The van der Waals surface area contributed by atoms with Crippen molar-refractivity contribution >= 4 is 34.5 Å². The second kappa shape index (κ2) is 2.58. The summed E-state index contributed by atoms with van der Waals surface area (Å²) in [5, 5.41) is 3.03. The highest BCUT2D eigenvalue weighted by Crippen LogP contribution is 2.29. The molecule has 1 fully saturated rings. The largest absolute Gasteiger partial charge is 0.376 e. The topological polar surface area (TPSA) is 38.0 Å². The van der Waals surface area contributed by atoms with Gasteiger partial charge in [-0.2, -0.15) is 0 Å². The molecule has 1 aliphatic rings. The zero-order valence-corrected chi connectivity index (χ0v) is 6.52. The summed E-state index contributed by atoms with van der Waals surface area (Å²) < 4.78 is 0. The lowest BCUT2D eigenvalue weighted by Gasteiger charge is -2.01. The summed E-state index contributed by atoms with van der Waals surface area (Å²) in [6.45, 7) is 0. The maximum Gasteiger partial charge on any atom is 0.168 e. The van der Waals surface area contributed by atoms with Crippen molar-refractivity contribution in [3.8, 4) is 0 Å². The Labute approximate surface area is 64.8 Å². The van der Waals surface area contributed by atoms with Gasteiger partial charge in [0.2, 0.25) is 0 Å². The van der Waals surface area contributed by atoms with E-state index < -0.39 is 0 Å². The third kappa shape index (κ3) is 2.24. The van der Waals surface area contributed by atoms with E-state index >= 15 is 0 Å². The average molecular weight is 160 g/mol. The number of hydrogen-bond acceptors (Lipinski definition) is 2. The first-order valence-electron chi connectivity index (χ1n) is 2.80. The summed E-state index contributed by atoms with van der Waals surface area (Å²) in [6, 6.07) is 0. The molecule has 1 aliphatic carbocycles. The van der Waals surface area contributed by atoms with Crippen LogP contribution in [0.1, 0.15) is 12.8 Å².